The zero-order valence-electron chi connectivity index (χ0n) is 11.8. The SMILES string of the molecule is CC(C)NC(=O)c1cnn(-c2ccccc2Cl)c1C(F)(F)F. The van der Waals surface area contributed by atoms with E-state index in [1.54, 1.807) is 19.9 Å². The lowest BCUT2D eigenvalue weighted by Crippen LogP contribution is -2.31. The van der Waals surface area contributed by atoms with Gasteiger partial charge in [0.15, 0.2) is 5.69 Å². The maximum Gasteiger partial charge on any atom is 0.434 e. The van der Waals surface area contributed by atoms with Crippen molar-refractivity contribution in [3.05, 3.63) is 46.7 Å². The molecule has 0 fully saturated rings. The topological polar surface area (TPSA) is 46.9 Å². The molecule has 0 saturated heterocycles. The molecule has 0 saturated carbocycles. The van der Waals surface area contributed by atoms with Gasteiger partial charge in [-0.15, -0.1) is 0 Å². The number of nitrogens with zero attached hydrogens (tertiary/aromatic N) is 2. The highest BCUT2D eigenvalue weighted by Gasteiger charge is 2.40. The molecule has 0 aliphatic carbocycles. The van der Waals surface area contributed by atoms with Gasteiger partial charge in [0, 0.05) is 6.04 Å². The van der Waals surface area contributed by atoms with Gasteiger partial charge in [0.05, 0.1) is 22.5 Å². The molecule has 0 spiro atoms. The first-order valence-electron chi connectivity index (χ1n) is 6.42. The lowest BCUT2D eigenvalue weighted by molar-refractivity contribution is -0.143. The number of alkyl halides is 3. The fourth-order valence-corrected chi connectivity index (χ4v) is 2.15. The summed E-state index contributed by atoms with van der Waals surface area (Å²) in [6.45, 7) is 3.31. The molecular formula is C14H13ClF3N3O. The smallest absolute Gasteiger partial charge is 0.350 e. The zero-order valence-corrected chi connectivity index (χ0v) is 12.5. The first-order valence-corrected chi connectivity index (χ1v) is 6.80. The van der Waals surface area contributed by atoms with Gasteiger partial charge < -0.3 is 5.32 Å². The summed E-state index contributed by atoms with van der Waals surface area (Å²) in [5, 5.41) is 6.22. The minimum atomic E-state index is -4.75. The molecule has 1 amide bonds. The Morgan fingerprint density at radius 1 is 1.32 bits per heavy atom. The highest BCUT2D eigenvalue weighted by atomic mass is 35.5. The van der Waals surface area contributed by atoms with Crippen molar-refractivity contribution in [2.75, 3.05) is 0 Å². The molecule has 1 heterocycles. The monoisotopic (exact) mass is 331 g/mol. The van der Waals surface area contributed by atoms with Crippen LogP contribution in [-0.4, -0.2) is 21.7 Å². The minimum absolute atomic E-state index is 0.0556. The van der Waals surface area contributed by atoms with Gasteiger partial charge in [-0.3, -0.25) is 4.79 Å². The largest absolute Gasteiger partial charge is 0.434 e. The molecule has 22 heavy (non-hydrogen) atoms. The van der Waals surface area contributed by atoms with Crippen LogP contribution < -0.4 is 5.32 Å². The van der Waals surface area contributed by atoms with E-state index in [1.165, 1.54) is 18.2 Å². The summed E-state index contributed by atoms with van der Waals surface area (Å²) >= 11 is 5.93. The van der Waals surface area contributed by atoms with E-state index in [2.05, 4.69) is 10.4 Å². The number of rotatable bonds is 3. The summed E-state index contributed by atoms with van der Waals surface area (Å²) in [6.07, 6.45) is -3.86. The number of aromatic nitrogens is 2. The predicted octanol–water partition coefficient (Wildman–Crippen LogP) is 3.68. The average molecular weight is 332 g/mol. The van der Waals surface area contributed by atoms with Crippen LogP contribution in [0.15, 0.2) is 30.5 Å². The van der Waals surface area contributed by atoms with Crippen molar-refractivity contribution in [2.24, 2.45) is 0 Å². The van der Waals surface area contributed by atoms with Crippen molar-refractivity contribution in [1.29, 1.82) is 0 Å². The molecule has 1 aromatic heterocycles. The van der Waals surface area contributed by atoms with Crippen molar-refractivity contribution in [2.45, 2.75) is 26.1 Å². The van der Waals surface area contributed by atoms with Crippen LogP contribution in [0, 0.1) is 0 Å². The molecule has 1 aromatic carbocycles. The summed E-state index contributed by atoms with van der Waals surface area (Å²) in [4.78, 5) is 12.0. The van der Waals surface area contributed by atoms with Crippen molar-refractivity contribution in [3.63, 3.8) is 0 Å². The molecular weight excluding hydrogens is 319 g/mol. The maximum absolute atomic E-state index is 13.4. The second kappa shape index (κ2) is 6.00. The molecule has 8 heteroatoms. The van der Waals surface area contributed by atoms with Crippen LogP contribution in [-0.2, 0) is 6.18 Å². The Bertz CT molecular complexity index is 695. The highest BCUT2D eigenvalue weighted by Crippen LogP contribution is 2.35. The van der Waals surface area contributed by atoms with E-state index in [-0.39, 0.29) is 16.8 Å². The normalized spacial score (nSPS) is 11.8. The van der Waals surface area contributed by atoms with Crippen LogP contribution in [0.4, 0.5) is 13.2 Å². The molecule has 4 nitrogen and oxygen atoms in total. The van der Waals surface area contributed by atoms with Gasteiger partial charge in [0.1, 0.15) is 0 Å². The Kier molecular flexibility index (Phi) is 4.46. The summed E-state index contributed by atoms with van der Waals surface area (Å²) in [6, 6.07) is 5.69. The summed E-state index contributed by atoms with van der Waals surface area (Å²) < 4.78 is 40.8. The summed E-state index contributed by atoms with van der Waals surface area (Å²) in [5.41, 5.74) is -1.64. The standard InChI is InChI=1S/C14H13ClF3N3O/c1-8(2)20-13(22)9-7-19-21(12(9)14(16,17)18)11-6-4-3-5-10(11)15/h3-8H,1-2H3,(H,20,22). The Morgan fingerprint density at radius 3 is 2.50 bits per heavy atom. The highest BCUT2D eigenvalue weighted by molar-refractivity contribution is 6.32. The van der Waals surface area contributed by atoms with Gasteiger partial charge >= 0.3 is 6.18 Å². The van der Waals surface area contributed by atoms with Gasteiger partial charge in [-0.2, -0.15) is 18.3 Å². The quantitative estimate of drug-likeness (QED) is 0.932. The van der Waals surface area contributed by atoms with E-state index in [0.717, 1.165) is 6.20 Å². The molecule has 0 unspecified atom stereocenters. The number of amides is 1. The van der Waals surface area contributed by atoms with E-state index in [0.29, 0.717) is 4.68 Å². The van der Waals surface area contributed by atoms with Crippen molar-refractivity contribution >= 4 is 17.5 Å². The molecule has 2 rings (SSSR count). The van der Waals surface area contributed by atoms with Crippen LogP contribution in [0.5, 0.6) is 0 Å². The molecule has 0 radical (unpaired) electrons. The van der Waals surface area contributed by atoms with Gasteiger partial charge in [0.2, 0.25) is 0 Å². The number of nitrogens with one attached hydrogen (secondary N) is 1. The third-order valence-electron chi connectivity index (χ3n) is 2.78. The average Bonchev–Trinajstić information content (AvgIpc) is 2.83. The van der Waals surface area contributed by atoms with Crippen molar-refractivity contribution in [3.8, 4) is 5.69 Å². The fourth-order valence-electron chi connectivity index (χ4n) is 1.93. The number of halogens is 4. The maximum atomic E-state index is 13.4. The number of carbonyl (C=O) groups excluding carboxylic acids is 1. The van der Waals surface area contributed by atoms with Crippen LogP contribution in [0.3, 0.4) is 0 Å². The van der Waals surface area contributed by atoms with Crippen molar-refractivity contribution < 1.29 is 18.0 Å². The zero-order chi connectivity index (χ0) is 16.5. The lowest BCUT2D eigenvalue weighted by atomic mass is 10.2. The van der Waals surface area contributed by atoms with Gasteiger partial charge in [0.25, 0.3) is 5.91 Å². The van der Waals surface area contributed by atoms with E-state index >= 15 is 0 Å². The van der Waals surface area contributed by atoms with Crippen LogP contribution in [0.25, 0.3) is 5.69 Å². The van der Waals surface area contributed by atoms with Gasteiger partial charge in [-0.1, -0.05) is 23.7 Å². The second-order valence-corrected chi connectivity index (χ2v) is 5.30. The molecule has 1 N–H and O–H groups in total. The first-order chi connectivity index (χ1) is 10.2. The van der Waals surface area contributed by atoms with E-state index in [4.69, 9.17) is 11.6 Å². The molecule has 0 atom stereocenters. The van der Waals surface area contributed by atoms with Crippen LogP contribution >= 0.6 is 11.6 Å². The number of hydrogen-bond acceptors (Lipinski definition) is 2. The fraction of sp³-hybridized carbons (Fsp3) is 0.286. The summed E-state index contributed by atoms with van der Waals surface area (Å²) in [7, 11) is 0. The predicted molar refractivity (Wildman–Crippen MR) is 76.2 cm³/mol. The van der Waals surface area contributed by atoms with E-state index in [9.17, 15) is 18.0 Å². The number of benzene rings is 1. The third-order valence-corrected chi connectivity index (χ3v) is 3.10. The minimum Gasteiger partial charge on any atom is -0.350 e. The first kappa shape index (κ1) is 16.4. The molecule has 0 aliphatic rings. The molecule has 118 valence electrons. The lowest BCUT2D eigenvalue weighted by Gasteiger charge is -2.14. The van der Waals surface area contributed by atoms with Crippen molar-refractivity contribution in [1.82, 2.24) is 15.1 Å². The van der Waals surface area contributed by atoms with Gasteiger partial charge in [-0.05, 0) is 26.0 Å². The Balaban J connectivity index is 2.60. The van der Waals surface area contributed by atoms with E-state index < -0.39 is 23.3 Å². The van der Waals surface area contributed by atoms with Gasteiger partial charge in [-0.25, -0.2) is 4.68 Å². The van der Waals surface area contributed by atoms with Crippen LogP contribution in [0.2, 0.25) is 5.02 Å². The Morgan fingerprint density at radius 2 is 1.95 bits per heavy atom. The van der Waals surface area contributed by atoms with Crippen LogP contribution in [0.1, 0.15) is 29.9 Å². The molecule has 0 aliphatic heterocycles. The summed E-state index contributed by atoms with van der Waals surface area (Å²) in [5.74, 6) is -0.833. The van der Waals surface area contributed by atoms with E-state index in [1.807, 2.05) is 0 Å². The molecule has 0 bridgehead atoms. The molecule has 2 aromatic rings. The third kappa shape index (κ3) is 3.24. The number of para-hydroxylation sites is 1. The number of carbonyl (C=O) groups is 1. The number of hydrogen-bond donors (Lipinski definition) is 1. The Labute approximate surface area is 129 Å². The Hall–Kier alpha value is -2.02. The second-order valence-electron chi connectivity index (χ2n) is 4.90.